The number of rotatable bonds is 4. The van der Waals surface area contributed by atoms with E-state index in [1.54, 1.807) is 0 Å². The van der Waals surface area contributed by atoms with Gasteiger partial charge in [-0.25, -0.2) is 0 Å². The second-order valence-electron chi connectivity index (χ2n) is 12.4. The van der Waals surface area contributed by atoms with Gasteiger partial charge < -0.3 is 15.3 Å². The Labute approximate surface area is 190 Å². The summed E-state index contributed by atoms with van der Waals surface area (Å²) in [6, 6.07) is 0. The highest BCUT2D eigenvalue weighted by Gasteiger charge is 2.60. The maximum absolute atomic E-state index is 11.3. The van der Waals surface area contributed by atoms with Gasteiger partial charge >= 0.3 is 0 Å². The standard InChI is InChI=1S/C28H46O3/c1-16(2)17(3)7-8-18(4)20-9-10-21-24-22(12-14-27(20,21)5)28(6)13-11-19(29)15-23(28)25(30)26(24)31/h7-8,16-20,22-23,25-26,29-31H,9-15H2,1-6H3/t17-,18+,19-,20+,22-,23?,25-,26-,27+,28+/m0/s1. The molecule has 0 aromatic rings. The number of hydrogen-bond acceptors (Lipinski definition) is 3. The summed E-state index contributed by atoms with van der Waals surface area (Å²) < 4.78 is 0. The van der Waals surface area contributed by atoms with E-state index >= 15 is 0 Å². The third-order valence-electron chi connectivity index (χ3n) is 10.5. The Morgan fingerprint density at radius 3 is 2.32 bits per heavy atom. The van der Waals surface area contributed by atoms with Gasteiger partial charge in [-0.3, -0.25) is 0 Å². The van der Waals surface area contributed by atoms with E-state index in [1.165, 1.54) is 24.0 Å². The maximum atomic E-state index is 11.3. The molecule has 0 aromatic heterocycles. The molecule has 3 fully saturated rings. The van der Waals surface area contributed by atoms with Crippen LogP contribution in [0.3, 0.4) is 0 Å². The Hall–Kier alpha value is -0.640. The molecule has 0 amide bonds. The van der Waals surface area contributed by atoms with Crippen LogP contribution in [0.5, 0.6) is 0 Å². The van der Waals surface area contributed by atoms with Gasteiger partial charge in [0.2, 0.25) is 0 Å². The largest absolute Gasteiger partial charge is 0.393 e. The van der Waals surface area contributed by atoms with E-state index in [1.807, 2.05) is 0 Å². The van der Waals surface area contributed by atoms with Gasteiger partial charge in [-0.1, -0.05) is 59.3 Å². The summed E-state index contributed by atoms with van der Waals surface area (Å²) in [5.41, 5.74) is 2.81. The van der Waals surface area contributed by atoms with Crippen LogP contribution in [0.4, 0.5) is 0 Å². The Kier molecular flexibility index (Phi) is 6.29. The predicted octanol–water partition coefficient (Wildman–Crippen LogP) is 5.50. The number of fused-ring (bicyclic) bond motifs is 4. The van der Waals surface area contributed by atoms with Gasteiger partial charge in [0.25, 0.3) is 0 Å². The first kappa shape index (κ1) is 23.5. The molecule has 1 unspecified atom stereocenters. The third kappa shape index (κ3) is 3.67. The summed E-state index contributed by atoms with van der Waals surface area (Å²) in [5.74, 6) is 2.75. The zero-order chi connectivity index (χ0) is 22.7. The molecule has 0 aromatic carbocycles. The van der Waals surface area contributed by atoms with Gasteiger partial charge in [-0.15, -0.1) is 0 Å². The van der Waals surface area contributed by atoms with E-state index in [4.69, 9.17) is 0 Å². The fourth-order valence-electron chi connectivity index (χ4n) is 8.08. The molecule has 3 saturated carbocycles. The van der Waals surface area contributed by atoms with E-state index in [0.29, 0.717) is 36.0 Å². The molecule has 0 spiro atoms. The lowest BCUT2D eigenvalue weighted by Crippen LogP contribution is -2.58. The first-order chi connectivity index (χ1) is 14.5. The van der Waals surface area contributed by atoms with E-state index in [2.05, 4.69) is 53.7 Å². The van der Waals surface area contributed by atoms with Gasteiger partial charge in [0.05, 0.1) is 12.2 Å². The molecule has 4 aliphatic carbocycles. The average Bonchev–Trinajstić information content (AvgIpc) is 3.08. The number of allylic oxidation sites excluding steroid dienone is 3. The summed E-state index contributed by atoms with van der Waals surface area (Å²) >= 11 is 0. The smallest absolute Gasteiger partial charge is 0.102 e. The quantitative estimate of drug-likeness (QED) is 0.516. The van der Waals surface area contributed by atoms with Crippen LogP contribution in [0.2, 0.25) is 0 Å². The predicted molar refractivity (Wildman–Crippen MR) is 126 cm³/mol. The van der Waals surface area contributed by atoms with Crippen LogP contribution in [0.25, 0.3) is 0 Å². The molecule has 3 heteroatoms. The highest BCUT2D eigenvalue weighted by molar-refractivity contribution is 5.38. The molecule has 176 valence electrons. The second kappa shape index (κ2) is 8.29. The number of aliphatic hydroxyl groups is 3. The van der Waals surface area contributed by atoms with Gasteiger partial charge in [0, 0.05) is 0 Å². The molecule has 31 heavy (non-hydrogen) atoms. The summed E-state index contributed by atoms with van der Waals surface area (Å²) in [7, 11) is 0. The molecule has 0 saturated heterocycles. The van der Waals surface area contributed by atoms with Crippen molar-refractivity contribution in [3.63, 3.8) is 0 Å². The van der Waals surface area contributed by atoms with E-state index < -0.39 is 12.2 Å². The molecule has 4 aliphatic rings. The minimum Gasteiger partial charge on any atom is -0.393 e. The van der Waals surface area contributed by atoms with Crippen molar-refractivity contribution in [1.29, 1.82) is 0 Å². The third-order valence-corrected chi connectivity index (χ3v) is 10.5. The molecule has 3 N–H and O–H groups in total. The molecular weight excluding hydrogens is 384 g/mol. The van der Waals surface area contributed by atoms with Gasteiger partial charge in [-0.05, 0) is 96.9 Å². The van der Waals surface area contributed by atoms with Crippen molar-refractivity contribution in [2.45, 2.75) is 105 Å². The van der Waals surface area contributed by atoms with Gasteiger partial charge in [-0.2, -0.15) is 0 Å². The lowest BCUT2D eigenvalue weighted by Gasteiger charge is -2.59. The monoisotopic (exact) mass is 430 g/mol. The molecule has 0 heterocycles. The SMILES string of the molecule is CC(C)[C@@H](C)C=C[C@@H](C)[C@H]1CCC2=C3[C@H](O)[C@@H](O)C4C[C@@H](O)CC[C@]4(C)[C@H]3CC[C@@]21C. The highest BCUT2D eigenvalue weighted by Crippen LogP contribution is 2.65. The summed E-state index contributed by atoms with van der Waals surface area (Å²) in [4.78, 5) is 0. The topological polar surface area (TPSA) is 60.7 Å². The van der Waals surface area contributed by atoms with E-state index in [0.717, 1.165) is 25.7 Å². The van der Waals surface area contributed by atoms with Crippen LogP contribution in [0.1, 0.15) is 86.5 Å². The minimum atomic E-state index is -0.756. The first-order valence-corrected chi connectivity index (χ1v) is 13.0. The average molecular weight is 431 g/mol. The summed E-state index contributed by atoms with van der Waals surface area (Å²) in [6.45, 7) is 14.0. The molecule has 4 rings (SSSR count). The van der Waals surface area contributed by atoms with Crippen molar-refractivity contribution in [3.05, 3.63) is 23.3 Å². The van der Waals surface area contributed by atoms with Crippen molar-refractivity contribution in [3.8, 4) is 0 Å². The van der Waals surface area contributed by atoms with Crippen LogP contribution in [-0.4, -0.2) is 33.6 Å². The molecule has 0 radical (unpaired) electrons. The van der Waals surface area contributed by atoms with Crippen LogP contribution < -0.4 is 0 Å². The van der Waals surface area contributed by atoms with Crippen molar-refractivity contribution in [2.75, 3.05) is 0 Å². The molecule has 0 aliphatic heterocycles. The van der Waals surface area contributed by atoms with Crippen LogP contribution >= 0.6 is 0 Å². The number of hydrogen-bond donors (Lipinski definition) is 3. The Balaban J connectivity index is 1.66. The molecular formula is C28H46O3. The Morgan fingerprint density at radius 2 is 1.65 bits per heavy atom. The summed E-state index contributed by atoms with van der Waals surface area (Å²) in [5, 5.41) is 32.8. The van der Waals surface area contributed by atoms with Gasteiger partial charge in [0.1, 0.15) is 6.10 Å². The van der Waals surface area contributed by atoms with Gasteiger partial charge in [0.15, 0.2) is 0 Å². The molecule has 10 atom stereocenters. The van der Waals surface area contributed by atoms with Crippen LogP contribution in [0, 0.1) is 46.3 Å². The lowest BCUT2D eigenvalue weighted by atomic mass is 9.47. The minimum absolute atomic E-state index is 0.00142. The lowest BCUT2D eigenvalue weighted by molar-refractivity contribution is -0.137. The molecule has 3 nitrogen and oxygen atoms in total. The van der Waals surface area contributed by atoms with Crippen molar-refractivity contribution >= 4 is 0 Å². The van der Waals surface area contributed by atoms with Crippen molar-refractivity contribution in [2.24, 2.45) is 46.3 Å². The Morgan fingerprint density at radius 1 is 0.935 bits per heavy atom. The molecule has 0 bridgehead atoms. The second-order valence-corrected chi connectivity index (χ2v) is 12.4. The fourth-order valence-corrected chi connectivity index (χ4v) is 8.08. The maximum Gasteiger partial charge on any atom is 0.102 e. The number of aliphatic hydroxyl groups excluding tert-OH is 3. The van der Waals surface area contributed by atoms with Crippen LogP contribution in [0.15, 0.2) is 23.3 Å². The highest BCUT2D eigenvalue weighted by atomic mass is 16.3. The zero-order valence-corrected chi connectivity index (χ0v) is 20.6. The van der Waals surface area contributed by atoms with E-state index in [9.17, 15) is 15.3 Å². The van der Waals surface area contributed by atoms with E-state index in [-0.39, 0.29) is 22.9 Å². The normalized spacial score (nSPS) is 47.3. The van der Waals surface area contributed by atoms with Crippen molar-refractivity contribution < 1.29 is 15.3 Å². The Bertz CT molecular complexity index is 739. The van der Waals surface area contributed by atoms with Crippen molar-refractivity contribution in [1.82, 2.24) is 0 Å². The first-order valence-electron chi connectivity index (χ1n) is 13.0. The summed E-state index contributed by atoms with van der Waals surface area (Å²) in [6.07, 6.45) is 9.98. The van der Waals surface area contributed by atoms with Crippen LogP contribution in [-0.2, 0) is 0 Å². The fraction of sp³-hybridized carbons (Fsp3) is 0.857. The zero-order valence-electron chi connectivity index (χ0n) is 20.6.